The first-order chi connectivity index (χ1) is 17.9. The summed E-state index contributed by atoms with van der Waals surface area (Å²) in [7, 11) is 1.45. The number of rotatable bonds is 10. The minimum Gasteiger partial charge on any atom is -0.375 e. The fraction of sp³-hybridized carbons (Fsp3) is 0.148. The predicted molar refractivity (Wildman–Crippen MR) is 138 cm³/mol. The zero-order valence-electron chi connectivity index (χ0n) is 20.1. The molecule has 0 atom stereocenters. The van der Waals surface area contributed by atoms with Gasteiger partial charge in [-0.2, -0.15) is 5.10 Å². The number of hydrogen-bond acceptors (Lipinski definition) is 6. The minimum absolute atomic E-state index is 0.0221. The number of anilines is 1. The summed E-state index contributed by atoms with van der Waals surface area (Å²) in [6.07, 6.45) is 1.85. The Hall–Kier alpha value is -4.83. The van der Waals surface area contributed by atoms with E-state index >= 15 is 0 Å². The van der Waals surface area contributed by atoms with Crippen LogP contribution < -0.4 is 10.6 Å². The standard InChI is InChI=1S/C27H25N5O5/c1-37-18-26(34)29-22-7-5-6-19(14-22)16-28-25(33)15-21-17-31(23-8-3-2-4-9-23)30-27(21)20-10-12-24(13-11-20)32(35)36/h2-14,17H,15-16,18H2,1H3,(H,28,33)(H,29,34). The van der Waals surface area contributed by atoms with Gasteiger partial charge in [0.05, 0.1) is 22.7 Å². The molecular weight excluding hydrogens is 474 g/mol. The number of benzene rings is 3. The van der Waals surface area contributed by atoms with Gasteiger partial charge in [0.2, 0.25) is 11.8 Å². The molecule has 4 rings (SSSR count). The maximum atomic E-state index is 12.9. The number of hydrogen-bond donors (Lipinski definition) is 2. The third-order valence-corrected chi connectivity index (χ3v) is 5.49. The van der Waals surface area contributed by atoms with E-state index in [9.17, 15) is 19.7 Å². The van der Waals surface area contributed by atoms with Crippen LogP contribution in [-0.2, 0) is 27.3 Å². The fourth-order valence-electron chi connectivity index (χ4n) is 3.76. The molecular formula is C27H25N5O5. The van der Waals surface area contributed by atoms with Crippen molar-refractivity contribution in [3.8, 4) is 16.9 Å². The predicted octanol–water partition coefficient (Wildman–Crippen LogP) is 3.89. The summed E-state index contributed by atoms with van der Waals surface area (Å²) in [5.74, 6) is -0.484. The number of para-hydroxylation sites is 1. The van der Waals surface area contributed by atoms with E-state index in [1.807, 2.05) is 36.4 Å². The third-order valence-electron chi connectivity index (χ3n) is 5.49. The molecule has 1 heterocycles. The van der Waals surface area contributed by atoms with Crippen LogP contribution in [0.1, 0.15) is 11.1 Å². The van der Waals surface area contributed by atoms with Gasteiger partial charge in [-0.05, 0) is 42.0 Å². The Morgan fingerprint density at radius 2 is 1.76 bits per heavy atom. The normalized spacial score (nSPS) is 10.6. The number of methoxy groups -OCH3 is 1. The first-order valence-corrected chi connectivity index (χ1v) is 11.5. The summed E-state index contributed by atoms with van der Waals surface area (Å²) in [5.41, 5.74) is 4.14. The van der Waals surface area contributed by atoms with Gasteiger partial charge in [0, 0.05) is 48.8 Å². The van der Waals surface area contributed by atoms with Crippen LogP contribution in [0.15, 0.2) is 85.1 Å². The van der Waals surface area contributed by atoms with Gasteiger partial charge in [0.25, 0.3) is 5.69 Å². The molecule has 1 aromatic heterocycles. The van der Waals surface area contributed by atoms with E-state index in [-0.39, 0.29) is 37.1 Å². The molecule has 0 saturated heterocycles. The van der Waals surface area contributed by atoms with Crippen LogP contribution in [0.5, 0.6) is 0 Å². The second-order valence-corrected chi connectivity index (χ2v) is 8.22. The summed E-state index contributed by atoms with van der Waals surface area (Å²) in [6.45, 7) is 0.223. The van der Waals surface area contributed by atoms with Crippen molar-refractivity contribution in [1.82, 2.24) is 15.1 Å². The van der Waals surface area contributed by atoms with Crippen LogP contribution in [0.4, 0.5) is 11.4 Å². The zero-order chi connectivity index (χ0) is 26.2. The Labute approximate surface area is 213 Å². The summed E-state index contributed by atoms with van der Waals surface area (Å²) < 4.78 is 6.51. The molecule has 0 saturated carbocycles. The van der Waals surface area contributed by atoms with Crippen LogP contribution in [0, 0.1) is 10.1 Å². The average Bonchev–Trinajstić information content (AvgIpc) is 3.32. The molecule has 0 radical (unpaired) electrons. The maximum Gasteiger partial charge on any atom is 0.269 e. The molecule has 3 aromatic carbocycles. The highest BCUT2D eigenvalue weighted by molar-refractivity contribution is 5.91. The fourth-order valence-corrected chi connectivity index (χ4v) is 3.76. The number of carbonyl (C=O) groups excluding carboxylic acids is 2. The van der Waals surface area contributed by atoms with Gasteiger partial charge >= 0.3 is 0 Å². The van der Waals surface area contributed by atoms with Gasteiger partial charge in [-0.25, -0.2) is 4.68 Å². The van der Waals surface area contributed by atoms with Gasteiger partial charge in [0.1, 0.15) is 6.61 Å². The molecule has 0 aliphatic carbocycles. The number of carbonyl (C=O) groups is 2. The van der Waals surface area contributed by atoms with Crippen molar-refractivity contribution in [2.75, 3.05) is 19.0 Å². The first-order valence-electron chi connectivity index (χ1n) is 11.5. The molecule has 2 N–H and O–H groups in total. The molecule has 0 aliphatic heterocycles. The lowest BCUT2D eigenvalue weighted by Crippen LogP contribution is -2.24. The minimum atomic E-state index is -0.460. The van der Waals surface area contributed by atoms with Crippen molar-refractivity contribution in [1.29, 1.82) is 0 Å². The van der Waals surface area contributed by atoms with E-state index in [2.05, 4.69) is 15.7 Å². The van der Waals surface area contributed by atoms with Gasteiger partial charge in [-0.15, -0.1) is 0 Å². The van der Waals surface area contributed by atoms with Crippen molar-refractivity contribution < 1.29 is 19.2 Å². The molecule has 10 heteroatoms. The van der Waals surface area contributed by atoms with Crippen LogP contribution in [-0.4, -0.2) is 40.2 Å². The Bertz CT molecular complexity index is 1400. The average molecular weight is 500 g/mol. The molecule has 4 aromatic rings. The molecule has 0 aliphatic rings. The zero-order valence-corrected chi connectivity index (χ0v) is 20.1. The number of nitro groups is 1. The van der Waals surface area contributed by atoms with Gasteiger partial charge in [-0.3, -0.25) is 19.7 Å². The lowest BCUT2D eigenvalue weighted by Gasteiger charge is -2.09. The van der Waals surface area contributed by atoms with Crippen LogP contribution in [0.3, 0.4) is 0 Å². The Kier molecular flexibility index (Phi) is 8.01. The molecule has 0 unspecified atom stereocenters. The number of ether oxygens (including phenoxy) is 1. The number of nitrogens with zero attached hydrogens (tertiary/aromatic N) is 3. The van der Waals surface area contributed by atoms with E-state index in [0.717, 1.165) is 11.3 Å². The molecule has 0 spiro atoms. The lowest BCUT2D eigenvalue weighted by molar-refractivity contribution is -0.384. The molecule has 0 bridgehead atoms. The van der Waals surface area contributed by atoms with Crippen LogP contribution in [0.2, 0.25) is 0 Å². The topological polar surface area (TPSA) is 128 Å². The highest BCUT2D eigenvalue weighted by Gasteiger charge is 2.17. The van der Waals surface area contributed by atoms with Crippen LogP contribution >= 0.6 is 0 Å². The molecule has 188 valence electrons. The van der Waals surface area contributed by atoms with E-state index in [4.69, 9.17) is 4.74 Å². The summed E-state index contributed by atoms with van der Waals surface area (Å²) >= 11 is 0. The van der Waals surface area contributed by atoms with Crippen LogP contribution in [0.25, 0.3) is 16.9 Å². The Morgan fingerprint density at radius 1 is 1.00 bits per heavy atom. The number of nitrogens with one attached hydrogen (secondary N) is 2. The monoisotopic (exact) mass is 499 g/mol. The summed E-state index contributed by atoms with van der Waals surface area (Å²) in [5, 5.41) is 21.4. The van der Waals surface area contributed by atoms with Crippen molar-refractivity contribution in [3.05, 3.63) is 106 Å². The molecule has 0 fully saturated rings. The van der Waals surface area contributed by atoms with E-state index < -0.39 is 4.92 Å². The lowest BCUT2D eigenvalue weighted by atomic mass is 10.1. The third kappa shape index (κ3) is 6.65. The van der Waals surface area contributed by atoms with Crippen molar-refractivity contribution in [2.45, 2.75) is 13.0 Å². The number of amides is 2. The second kappa shape index (κ2) is 11.7. The summed E-state index contributed by atoms with van der Waals surface area (Å²) in [6, 6.07) is 22.7. The van der Waals surface area contributed by atoms with Gasteiger partial charge in [0.15, 0.2) is 0 Å². The first kappa shape index (κ1) is 25.3. The van der Waals surface area contributed by atoms with Crippen molar-refractivity contribution in [3.63, 3.8) is 0 Å². The smallest absolute Gasteiger partial charge is 0.269 e. The summed E-state index contributed by atoms with van der Waals surface area (Å²) in [4.78, 5) is 35.2. The largest absolute Gasteiger partial charge is 0.375 e. The maximum absolute atomic E-state index is 12.9. The van der Waals surface area contributed by atoms with Crippen molar-refractivity contribution >= 4 is 23.2 Å². The van der Waals surface area contributed by atoms with Gasteiger partial charge < -0.3 is 15.4 Å². The highest BCUT2D eigenvalue weighted by atomic mass is 16.6. The van der Waals surface area contributed by atoms with Gasteiger partial charge in [-0.1, -0.05) is 30.3 Å². The molecule has 37 heavy (non-hydrogen) atoms. The SMILES string of the molecule is COCC(=O)Nc1cccc(CNC(=O)Cc2cn(-c3ccccc3)nc2-c2ccc([N+](=O)[O-])cc2)c1. The number of nitro benzene ring substituents is 1. The Morgan fingerprint density at radius 3 is 2.46 bits per heavy atom. The van der Waals surface area contributed by atoms with Crippen molar-refractivity contribution in [2.24, 2.45) is 0 Å². The molecule has 2 amide bonds. The van der Waals surface area contributed by atoms with E-state index in [0.29, 0.717) is 22.5 Å². The second-order valence-electron chi connectivity index (χ2n) is 8.22. The van der Waals surface area contributed by atoms with E-state index in [1.54, 1.807) is 41.2 Å². The highest BCUT2D eigenvalue weighted by Crippen LogP contribution is 2.26. The molecule has 10 nitrogen and oxygen atoms in total. The number of aromatic nitrogens is 2. The quantitative estimate of drug-likeness (QED) is 0.252. The Balaban J connectivity index is 1.50. The number of non-ortho nitro benzene ring substituents is 1. The van der Waals surface area contributed by atoms with E-state index in [1.165, 1.54) is 19.2 Å².